The molecule has 0 aliphatic carbocycles. The lowest BCUT2D eigenvalue weighted by atomic mass is 10.2. The van der Waals surface area contributed by atoms with Crippen molar-refractivity contribution in [1.29, 1.82) is 0 Å². The molecule has 0 aromatic carbocycles. The maximum absolute atomic E-state index is 11.1. The van der Waals surface area contributed by atoms with Crippen molar-refractivity contribution in [2.75, 3.05) is 6.54 Å². The first-order chi connectivity index (χ1) is 9.63. The predicted molar refractivity (Wildman–Crippen MR) is 76.1 cm³/mol. The largest absolute Gasteiger partial charge is 0.352 e. The Labute approximate surface area is 117 Å². The number of carbonyl (C=O) groups is 1. The number of nitrogens with zero attached hydrogens (tertiary/aromatic N) is 3. The molecule has 3 heterocycles. The Hall–Kier alpha value is -1.95. The Morgan fingerprint density at radius 1 is 1.55 bits per heavy atom. The molecule has 106 valence electrons. The van der Waals surface area contributed by atoms with Gasteiger partial charge < -0.3 is 10.6 Å². The first-order valence-corrected chi connectivity index (χ1v) is 6.92. The number of carbonyl (C=O) groups excluding carboxylic acids is 1. The number of hydrogen-bond acceptors (Lipinski definition) is 4. The lowest BCUT2D eigenvalue weighted by Crippen LogP contribution is -2.35. The number of aryl methyl sites for hydroxylation is 2. The molecule has 0 bridgehead atoms. The maximum atomic E-state index is 11.1. The van der Waals surface area contributed by atoms with Gasteiger partial charge in [-0.25, -0.2) is 4.98 Å². The summed E-state index contributed by atoms with van der Waals surface area (Å²) in [5, 5.41) is 11.8. The fourth-order valence-electron chi connectivity index (χ4n) is 2.67. The average Bonchev–Trinajstić information content (AvgIpc) is 2.95. The summed E-state index contributed by atoms with van der Waals surface area (Å²) in [4.78, 5) is 15.6. The molecule has 1 aliphatic rings. The molecule has 1 atom stereocenters. The summed E-state index contributed by atoms with van der Waals surface area (Å²) < 4.78 is 1.80. The smallest absolute Gasteiger partial charge is 0.220 e. The number of nitrogens with one attached hydrogen (secondary N) is 2. The van der Waals surface area contributed by atoms with Gasteiger partial charge in [0.2, 0.25) is 5.91 Å². The molecule has 1 unspecified atom stereocenters. The minimum Gasteiger partial charge on any atom is -0.352 e. The Balaban J connectivity index is 1.63. The first-order valence-electron chi connectivity index (χ1n) is 6.92. The second kappa shape index (κ2) is 5.20. The highest BCUT2D eigenvalue weighted by Gasteiger charge is 2.19. The van der Waals surface area contributed by atoms with E-state index in [0.717, 1.165) is 41.8 Å². The van der Waals surface area contributed by atoms with Crippen LogP contribution < -0.4 is 10.6 Å². The van der Waals surface area contributed by atoms with Crippen LogP contribution in [0.2, 0.25) is 0 Å². The highest BCUT2D eigenvalue weighted by Crippen LogP contribution is 2.16. The normalized spacial score (nSPS) is 18.7. The van der Waals surface area contributed by atoms with Gasteiger partial charge in [-0.15, -0.1) is 0 Å². The molecular formula is C14H19N5O. The van der Waals surface area contributed by atoms with E-state index in [0.29, 0.717) is 6.42 Å². The SMILES string of the molecule is Cc1nn(C)c2ncc(CNCC3CCC(=O)N3)cc12. The van der Waals surface area contributed by atoms with Gasteiger partial charge in [-0.05, 0) is 25.0 Å². The van der Waals surface area contributed by atoms with Gasteiger partial charge in [-0.1, -0.05) is 0 Å². The molecular weight excluding hydrogens is 254 g/mol. The van der Waals surface area contributed by atoms with Crippen molar-refractivity contribution >= 4 is 16.9 Å². The van der Waals surface area contributed by atoms with Crippen molar-refractivity contribution in [3.8, 4) is 0 Å². The molecule has 6 heteroatoms. The Kier molecular flexibility index (Phi) is 3.40. The van der Waals surface area contributed by atoms with E-state index in [-0.39, 0.29) is 11.9 Å². The third kappa shape index (κ3) is 2.51. The van der Waals surface area contributed by atoms with Crippen molar-refractivity contribution in [3.63, 3.8) is 0 Å². The number of pyridine rings is 1. The first kappa shape index (κ1) is 13.1. The van der Waals surface area contributed by atoms with Crippen molar-refractivity contribution in [2.45, 2.75) is 32.4 Å². The Morgan fingerprint density at radius 3 is 3.15 bits per heavy atom. The van der Waals surface area contributed by atoms with E-state index in [1.807, 2.05) is 20.2 Å². The molecule has 0 saturated carbocycles. The number of fused-ring (bicyclic) bond motifs is 1. The topological polar surface area (TPSA) is 71.8 Å². The number of rotatable bonds is 4. The highest BCUT2D eigenvalue weighted by atomic mass is 16.1. The van der Waals surface area contributed by atoms with Gasteiger partial charge in [0, 0.05) is 44.2 Å². The lowest BCUT2D eigenvalue weighted by molar-refractivity contribution is -0.119. The van der Waals surface area contributed by atoms with Crippen molar-refractivity contribution in [3.05, 3.63) is 23.5 Å². The number of amides is 1. The Bertz CT molecular complexity index is 648. The van der Waals surface area contributed by atoms with Gasteiger partial charge >= 0.3 is 0 Å². The van der Waals surface area contributed by atoms with Gasteiger partial charge in [0.05, 0.1) is 5.69 Å². The van der Waals surface area contributed by atoms with Crippen LogP contribution in [0.1, 0.15) is 24.1 Å². The number of aromatic nitrogens is 3. The van der Waals surface area contributed by atoms with E-state index >= 15 is 0 Å². The second-order valence-electron chi connectivity index (χ2n) is 5.36. The third-order valence-corrected chi connectivity index (χ3v) is 3.72. The van der Waals surface area contributed by atoms with Crippen molar-refractivity contribution in [1.82, 2.24) is 25.4 Å². The number of hydrogen-bond donors (Lipinski definition) is 2. The van der Waals surface area contributed by atoms with Crippen LogP contribution in [0.25, 0.3) is 11.0 Å². The fraction of sp³-hybridized carbons (Fsp3) is 0.500. The molecule has 2 aromatic heterocycles. The van der Waals surface area contributed by atoms with Crippen LogP contribution in [0.15, 0.2) is 12.3 Å². The predicted octanol–water partition coefficient (Wildman–Crippen LogP) is 0.645. The highest BCUT2D eigenvalue weighted by molar-refractivity contribution is 5.79. The van der Waals surface area contributed by atoms with Gasteiger partial charge in [0.25, 0.3) is 0 Å². The molecule has 2 aromatic rings. The van der Waals surface area contributed by atoms with Gasteiger partial charge in [-0.2, -0.15) is 5.10 Å². The lowest BCUT2D eigenvalue weighted by Gasteiger charge is -2.11. The van der Waals surface area contributed by atoms with Crippen molar-refractivity contribution in [2.24, 2.45) is 7.05 Å². The molecule has 0 spiro atoms. The quantitative estimate of drug-likeness (QED) is 0.858. The molecule has 1 aliphatic heterocycles. The molecule has 2 N–H and O–H groups in total. The molecule has 20 heavy (non-hydrogen) atoms. The van der Waals surface area contributed by atoms with Crippen LogP contribution in [0, 0.1) is 6.92 Å². The minimum atomic E-state index is 0.158. The molecule has 1 saturated heterocycles. The van der Waals surface area contributed by atoms with E-state index in [9.17, 15) is 4.79 Å². The molecule has 3 rings (SSSR count). The minimum absolute atomic E-state index is 0.158. The standard InChI is InChI=1S/C14H19N5O/c1-9-12-5-10(7-16-14(12)19(2)18-9)6-15-8-11-3-4-13(20)17-11/h5,7,11,15H,3-4,6,8H2,1-2H3,(H,17,20). The molecule has 6 nitrogen and oxygen atoms in total. The summed E-state index contributed by atoms with van der Waals surface area (Å²) in [5.74, 6) is 0.158. The molecule has 0 radical (unpaired) electrons. The van der Waals surface area contributed by atoms with E-state index < -0.39 is 0 Å². The Morgan fingerprint density at radius 2 is 2.40 bits per heavy atom. The summed E-state index contributed by atoms with van der Waals surface area (Å²) in [7, 11) is 1.91. The van der Waals surface area contributed by atoms with Crippen LogP contribution in [0.4, 0.5) is 0 Å². The van der Waals surface area contributed by atoms with Crippen LogP contribution in [0.5, 0.6) is 0 Å². The van der Waals surface area contributed by atoms with E-state index in [1.165, 1.54) is 0 Å². The van der Waals surface area contributed by atoms with E-state index in [4.69, 9.17) is 0 Å². The third-order valence-electron chi connectivity index (χ3n) is 3.72. The van der Waals surface area contributed by atoms with Crippen molar-refractivity contribution < 1.29 is 4.79 Å². The summed E-state index contributed by atoms with van der Waals surface area (Å²) in [6, 6.07) is 2.39. The molecule has 1 fully saturated rings. The van der Waals surface area contributed by atoms with Gasteiger partial charge in [0.15, 0.2) is 5.65 Å². The average molecular weight is 273 g/mol. The van der Waals surface area contributed by atoms with Gasteiger partial charge in [0.1, 0.15) is 0 Å². The monoisotopic (exact) mass is 273 g/mol. The van der Waals surface area contributed by atoms with Crippen LogP contribution in [-0.2, 0) is 18.4 Å². The van der Waals surface area contributed by atoms with Gasteiger partial charge in [-0.3, -0.25) is 9.48 Å². The zero-order valence-corrected chi connectivity index (χ0v) is 11.8. The summed E-state index contributed by atoms with van der Waals surface area (Å²) in [6.07, 6.45) is 3.45. The van der Waals surface area contributed by atoms with E-state index in [2.05, 4.69) is 26.8 Å². The zero-order chi connectivity index (χ0) is 14.1. The summed E-state index contributed by atoms with van der Waals surface area (Å²) >= 11 is 0. The summed E-state index contributed by atoms with van der Waals surface area (Å²) in [5.41, 5.74) is 3.05. The maximum Gasteiger partial charge on any atom is 0.220 e. The second-order valence-corrected chi connectivity index (χ2v) is 5.36. The molecule has 1 amide bonds. The van der Waals surface area contributed by atoms with Crippen LogP contribution in [-0.4, -0.2) is 33.3 Å². The van der Waals surface area contributed by atoms with Crippen LogP contribution >= 0.6 is 0 Å². The fourth-order valence-corrected chi connectivity index (χ4v) is 2.67. The van der Waals surface area contributed by atoms with Crippen LogP contribution in [0.3, 0.4) is 0 Å². The zero-order valence-electron chi connectivity index (χ0n) is 11.8. The summed E-state index contributed by atoms with van der Waals surface area (Å²) in [6.45, 7) is 3.55. The van der Waals surface area contributed by atoms with E-state index in [1.54, 1.807) is 4.68 Å².